The first-order valence-electron chi connectivity index (χ1n) is 8.05. The summed E-state index contributed by atoms with van der Waals surface area (Å²) in [6.45, 7) is 1.90. The maximum absolute atomic E-state index is 12.6. The van der Waals surface area contributed by atoms with Crippen molar-refractivity contribution >= 4 is 38.9 Å². The minimum atomic E-state index is -3.87. The first-order chi connectivity index (χ1) is 12.8. The highest BCUT2D eigenvalue weighted by atomic mass is 35.5. The van der Waals surface area contributed by atoms with Crippen LogP contribution in [0.25, 0.3) is 0 Å². The summed E-state index contributed by atoms with van der Waals surface area (Å²) < 4.78 is 27.6. The van der Waals surface area contributed by atoms with Crippen LogP contribution in [0.4, 0.5) is 11.4 Å². The van der Waals surface area contributed by atoms with Crippen LogP contribution in [0.15, 0.2) is 82.7 Å². The van der Waals surface area contributed by atoms with Gasteiger partial charge in [-0.25, -0.2) is 8.42 Å². The molecule has 0 atom stereocenters. The van der Waals surface area contributed by atoms with Gasteiger partial charge in [0.15, 0.2) is 0 Å². The number of rotatable bonds is 5. The fraction of sp³-hybridized carbons (Fsp3) is 0.0500. The van der Waals surface area contributed by atoms with E-state index in [1.165, 1.54) is 36.4 Å². The Morgan fingerprint density at radius 3 is 2.41 bits per heavy atom. The highest BCUT2D eigenvalue weighted by molar-refractivity contribution is 7.92. The highest BCUT2D eigenvalue weighted by Crippen LogP contribution is 2.22. The molecule has 0 fully saturated rings. The Balaban J connectivity index is 1.95. The number of anilines is 1. The van der Waals surface area contributed by atoms with E-state index in [0.717, 1.165) is 5.56 Å². The minimum absolute atomic E-state index is 0.0461. The van der Waals surface area contributed by atoms with Gasteiger partial charge in [-0.15, -0.1) is 0 Å². The van der Waals surface area contributed by atoms with Gasteiger partial charge in [0.05, 0.1) is 16.3 Å². The number of nitrogens with one attached hydrogen (secondary N) is 1. The van der Waals surface area contributed by atoms with Gasteiger partial charge in [-0.3, -0.25) is 9.71 Å². The predicted octanol–water partition coefficient (Wildman–Crippen LogP) is 3.89. The molecule has 0 radical (unpaired) electrons. The van der Waals surface area contributed by atoms with Gasteiger partial charge in [-0.1, -0.05) is 41.9 Å². The van der Waals surface area contributed by atoms with Crippen LogP contribution in [-0.4, -0.2) is 14.3 Å². The molecule has 5 nitrogen and oxygen atoms in total. The van der Waals surface area contributed by atoms with Crippen molar-refractivity contribution in [1.82, 2.24) is 0 Å². The number of para-hydroxylation sites is 1. The van der Waals surface area contributed by atoms with Gasteiger partial charge < -0.3 is 5.11 Å². The van der Waals surface area contributed by atoms with E-state index in [-0.39, 0.29) is 16.1 Å². The van der Waals surface area contributed by atoms with Crippen molar-refractivity contribution in [3.05, 3.63) is 88.9 Å². The molecular formula is C20H16ClN2O3S-. The molecule has 3 rings (SSSR count). The zero-order valence-corrected chi connectivity index (χ0v) is 16.0. The minimum Gasteiger partial charge on any atom is -0.858 e. The molecule has 0 heterocycles. The van der Waals surface area contributed by atoms with Gasteiger partial charge in [0, 0.05) is 10.6 Å². The average Bonchev–Trinajstić information content (AvgIpc) is 2.62. The number of aliphatic imine (C=N–C) groups is 1. The first-order valence-corrected chi connectivity index (χ1v) is 9.91. The van der Waals surface area contributed by atoms with Crippen molar-refractivity contribution in [2.75, 3.05) is 4.72 Å². The largest absolute Gasteiger partial charge is 0.858 e. The maximum atomic E-state index is 12.6. The summed E-state index contributed by atoms with van der Waals surface area (Å²) in [6.07, 6.45) is 0. The molecule has 0 unspecified atom stereocenters. The van der Waals surface area contributed by atoms with E-state index >= 15 is 0 Å². The summed E-state index contributed by atoms with van der Waals surface area (Å²) in [5.74, 6) is -0.532. The molecule has 0 spiro atoms. The lowest BCUT2D eigenvalue weighted by Crippen LogP contribution is -2.22. The van der Waals surface area contributed by atoms with E-state index in [0.29, 0.717) is 10.7 Å². The number of halogens is 1. The second-order valence-electron chi connectivity index (χ2n) is 5.86. The lowest BCUT2D eigenvalue weighted by atomic mass is 10.2. The molecule has 138 valence electrons. The van der Waals surface area contributed by atoms with Crippen LogP contribution < -0.4 is 9.83 Å². The molecule has 0 saturated heterocycles. The first kappa shape index (κ1) is 18.9. The van der Waals surface area contributed by atoms with Gasteiger partial charge in [0.25, 0.3) is 10.0 Å². The summed E-state index contributed by atoms with van der Waals surface area (Å²) >= 11 is 5.80. The third-order valence-corrected chi connectivity index (χ3v) is 5.39. The highest BCUT2D eigenvalue weighted by Gasteiger charge is 2.16. The van der Waals surface area contributed by atoms with Gasteiger partial charge in [-0.2, -0.15) is 0 Å². The van der Waals surface area contributed by atoms with Crippen molar-refractivity contribution < 1.29 is 13.5 Å². The number of sulfonamides is 1. The van der Waals surface area contributed by atoms with Crippen LogP contribution in [0.3, 0.4) is 0 Å². The molecule has 0 aliphatic rings. The third-order valence-electron chi connectivity index (χ3n) is 3.76. The fourth-order valence-corrected chi connectivity index (χ4v) is 3.66. The summed E-state index contributed by atoms with van der Waals surface area (Å²) in [5.41, 5.74) is 1.81. The average molecular weight is 400 g/mol. The molecule has 0 aromatic heterocycles. The van der Waals surface area contributed by atoms with E-state index < -0.39 is 15.9 Å². The molecule has 3 aromatic carbocycles. The van der Waals surface area contributed by atoms with Gasteiger partial charge in [0.1, 0.15) is 0 Å². The van der Waals surface area contributed by atoms with Crippen LogP contribution in [-0.2, 0) is 10.0 Å². The maximum Gasteiger partial charge on any atom is 0.261 e. The zero-order valence-electron chi connectivity index (χ0n) is 14.4. The van der Waals surface area contributed by atoms with Crippen molar-refractivity contribution in [2.45, 2.75) is 11.8 Å². The lowest BCUT2D eigenvalue weighted by Gasteiger charge is -2.17. The summed E-state index contributed by atoms with van der Waals surface area (Å²) in [6, 6.07) is 19.3. The molecule has 27 heavy (non-hydrogen) atoms. The lowest BCUT2D eigenvalue weighted by molar-refractivity contribution is -0.212. The van der Waals surface area contributed by atoms with E-state index in [9.17, 15) is 13.5 Å². The number of aryl methyl sites for hydroxylation is 1. The molecule has 7 heteroatoms. The Kier molecular flexibility index (Phi) is 5.48. The molecule has 0 amide bonds. The number of hydrogen-bond acceptors (Lipinski definition) is 4. The van der Waals surface area contributed by atoms with E-state index in [1.807, 2.05) is 13.0 Å². The summed E-state index contributed by atoms with van der Waals surface area (Å²) in [5, 5.41) is 13.0. The molecular weight excluding hydrogens is 384 g/mol. The van der Waals surface area contributed by atoms with Gasteiger partial charge in [0.2, 0.25) is 0 Å². The standard InChI is InChI=1S/C20H17ClN2O3S/c1-14-5-4-6-16(13-14)22-20(24)18-7-2-3-8-19(18)23-27(25,26)17-11-9-15(21)10-12-17/h2-13,23H,1H3,(H,22,24)/p-1. The van der Waals surface area contributed by atoms with Gasteiger partial charge >= 0.3 is 0 Å². The summed E-state index contributed by atoms with van der Waals surface area (Å²) in [4.78, 5) is 4.12. The van der Waals surface area contributed by atoms with E-state index in [1.54, 1.807) is 30.3 Å². The SMILES string of the molecule is Cc1cccc(N=C([O-])c2ccccc2NS(=O)(=O)c2ccc(Cl)cc2)c1. The topological polar surface area (TPSA) is 81.6 Å². The van der Waals surface area contributed by atoms with E-state index in [4.69, 9.17) is 11.6 Å². The molecule has 0 saturated carbocycles. The van der Waals surface area contributed by atoms with Crippen LogP contribution >= 0.6 is 11.6 Å². The Hall–Kier alpha value is -2.83. The molecule has 0 aliphatic heterocycles. The monoisotopic (exact) mass is 399 g/mol. The van der Waals surface area contributed by atoms with Crippen LogP contribution in [0.2, 0.25) is 5.02 Å². The normalized spacial score (nSPS) is 12.0. The zero-order chi connectivity index (χ0) is 19.4. The van der Waals surface area contributed by atoms with Gasteiger partial charge in [-0.05, 0) is 60.8 Å². The number of benzene rings is 3. The Morgan fingerprint density at radius 2 is 1.70 bits per heavy atom. The molecule has 3 aromatic rings. The van der Waals surface area contributed by atoms with Crippen LogP contribution in [0.1, 0.15) is 11.1 Å². The number of nitrogens with zero attached hydrogens (tertiary/aromatic N) is 1. The molecule has 1 N–H and O–H groups in total. The van der Waals surface area contributed by atoms with Crippen LogP contribution in [0, 0.1) is 6.92 Å². The van der Waals surface area contributed by atoms with Crippen molar-refractivity contribution in [2.24, 2.45) is 4.99 Å². The molecule has 0 aliphatic carbocycles. The predicted molar refractivity (Wildman–Crippen MR) is 106 cm³/mol. The molecule has 0 bridgehead atoms. The fourth-order valence-electron chi connectivity index (χ4n) is 2.45. The smallest absolute Gasteiger partial charge is 0.261 e. The second-order valence-corrected chi connectivity index (χ2v) is 7.98. The Labute approximate surface area is 163 Å². The van der Waals surface area contributed by atoms with Crippen molar-refractivity contribution in [3.8, 4) is 0 Å². The Bertz CT molecular complexity index is 1090. The quantitative estimate of drug-likeness (QED) is 0.522. The summed E-state index contributed by atoms with van der Waals surface area (Å²) in [7, 11) is -3.87. The second kappa shape index (κ2) is 7.82. The Morgan fingerprint density at radius 1 is 1.00 bits per heavy atom. The van der Waals surface area contributed by atoms with Crippen molar-refractivity contribution in [1.29, 1.82) is 0 Å². The number of hydrogen-bond donors (Lipinski definition) is 1. The van der Waals surface area contributed by atoms with Crippen LogP contribution in [0.5, 0.6) is 0 Å². The van der Waals surface area contributed by atoms with E-state index in [2.05, 4.69) is 9.71 Å². The third kappa shape index (κ3) is 4.67. The van der Waals surface area contributed by atoms with Crippen molar-refractivity contribution in [3.63, 3.8) is 0 Å².